The zero-order valence-corrected chi connectivity index (χ0v) is 17.8. The Morgan fingerprint density at radius 1 is 1.10 bits per heavy atom. The number of hydrogen-bond donors (Lipinski definition) is 2. The second kappa shape index (κ2) is 6.68. The van der Waals surface area contributed by atoms with Crippen LogP contribution in [0.25, 0.3) is 0 Å². The van der Waals surface area contributed by atoms with Gasteiger partial charge in [0, 0.05) is 11.6 Å². The van der Waals surface area contributed by atoms with Crippen molar-refractivity contribution in [3.05, 3.63) is 53.1 Å². The van der Waals surface area contributed by atoms with Crippen molar-refractivity contribution in [3.63, 3.8) is 0 Å². The molecule has 3 N–H and O–H groups in total. The van der Waals surface area contributed by atoms with Crippen molar-refractivity contribution < 1.29 is 9.84 Å². The number of phenolic OH excluding ortho intramolecular Hbond substituents is 1. The number of nitrogen functional groups attached to an aromatic ring is 1. The van der Waals surface area contributed by atoms with E-state index in [2.05, 4.69) is 26.0 Å². The molecule has 2 saturated carbocycles. The van der Waals surface area contributed by atoms with Crippen LogP contribution in [0.4, 0.5) is 5.69 Å². The molecule has 0 saturated heterocycles. The third-order valence-electron chi connectivity index (χ3n) is 8.66. The predicted octanol–water partition coefficient (Wildman–Crippen LogP) is 5.83. The van der Waals surface area contributed by atoms with Gasteiger partial charge in [-0.2, -0.15) is 0 Å². The van der Waals surface area contributed by atoms with Crippen molar-refractivity contribution in [1.82, 2.24) is 0 Å². The first-order valence-electron chi connectivity index (χ1n) is 11.2. The van der Waals surface area contributed by atoms with Crippen molar-refractivity contribution in [3.8, 4) is 11.5 Å². The molecule has 0 aromatic heterocycles. The summed E-state index contributed by atoms with van der Waals surface area (Å²) < 4.78 is 6.75. The fraction of sp³-hybridized carbons (Fsp3) is 0.538. The maximum absolute atomic E-state index is 10.0. The average Bonchev–Trinajstić information content (AvgIpc) is 2.98. The summed E-state index contributed by atoms with van der Waals surface area (Å²) in [5.74, 6) is 3.89. The van der Waals surface area contributed by atoms with Gasteiger partial charge in [0.1, 0.15) is 17.6 Å². The van der Waals surface area contributed by atoms with Crippen molar-refractivity contribution in [2.45, 2.75) is 64.9 Å². The van der Waals surface area contributed by atoms with Crippen molar-refractivity contribution in [2.24, 2.45) is 23.2 Å². The van der Waals surface area contributed by atoms with Gasteiger partial charge in [-0.3, -0.25) is 0 Å². The molecule has 2 aromatic carbocycles. The SMILES string of the molecule is Cc1cc(O[C@H]2C[C@]3(C)[C@@H](C)CC[C@H]3[C@@H]3CCc4cc(O)ccc4[C@H]32)ccc1N. The van der Waals surface area contributed by atoms with E-state index < -0.39 is 0 Å². The highest BCUT2D eigenvalue weighted by Gasteiger charge is 2.57. The Bertz CT molecular complexity index is 938. The van der Waals surface area contributed by atoms with E-state index in [1.165, 1.54) is 30.4 Å². The quantitative estimate of drug-likeness (QED) is 0.633. The first kappa shape index (κ1) is 18.8. The molecule has 3 aliphatic rings. The number of aryl methyl sites for hydroxylation is 2. The molecular formula is C26H33NO2. The van der Waals surface area contributed by atoms with Crippen molar-refractivity contribution in [1.29, 1.82) is 0 Å². The number of phenols is 1. The lowest BCUT2D eigenvalue weighted by atomic mass is 9.53. The smallest absolute Gasteiger partial charge is 0.120 e. The lowest BCUT2D eigenvalue weighted by molar-refractivity contribution is -0.0412. The van der Waals surface area contributed by atoms with Crippen molar-refractivity contribution >= 4 is 5.69 Å². The number of nitrogens with two attached hydrogens (primary N) is 1. The highest BCUT2D eigenvalue weighted by molar-refractivity contribution is 5.50. The second-order valence-electron chi connectivity index (χ2n) is 10.1. The van der Waals surface area contributed by atoms with Gasteiger partial charge in [-0.05, 0) is 109 Å². The summed E-state index contributed by atoms with van der Waals surface area (Å²) >= 11 is 0. The number of ether oxygens (including phenoxy) is 1. The molecule has 3 heteroatoms. The number of hydrogen-bond acceptors (Lipinski definition) is 3. The molecule has 29 heavy (non-hydrogen) atoms. The van der Waals surface area contributed by atoms with E-state index in [4.69, 9.17) is 10.5 Å². The van der Waals surface area contributed by atoms with Gasteiger partial charge in [-0.15, -0.1) is 0 Å². The van der Waals surface area contributed by atoms with Crippen LogP contribution >= 0.6 is 0 Å². The Kier molecular flexibility index (Phi) is 4.34. The highest BCUT2D eigenvalue weighted by atomic mass is 16.5. The number of rotatable bonds is 2. The van der Waals surface area contributed by atoms with Gasteiger partial charge in [0.05, 0.1) is 0 Å². The maximum atomic E-state index is 10.0. The van der Waals surface area contributed by atoms with Crippen LogP contribution in [0, 0.1) is 30.1 Å². The molecule has 3 nitrogen and oxygen atoms in total. The Labute approximate surface area is 174 Å². The minimum absolute atomic E-state index is 0.161. The van der Waals surface area contributed by atoms with Gasteiger partial charge in [0.2, 0.25) is 0 Å². The molecule has 2 aromatic rings. The topological polar surface area (TPSA) is 55.5 Å². The third-order valence-corrected chi connectivity index (χ3v) is 8.66. The normalized spacial score (nSPS) is 35.5. The number of benzene rings is 2. The molecule has 0 radical (unpaired) electrons. The Balaban J connectivity index is 1.57. The van der Waals surface area contributed by atoms with Crippen LogP contribution in [0.3, 0.4) is 0 Å². The van der Waals surface area contributed by atoms with E-state index in [0.29, 0.717) is 23.0 Å². The summed E-state index contributed by atoms with van der Waals surface area (Å²) in [5.41, 5.74) is 11.0. The Morgan fingerprint density at radius 3 is 2.72 bits per heavy atom. The molecule has 0 unspecified atom stereocenters. The zero-order valence-electron chi connectivity index (χ0n) is 17.8. The van der Waals surface area contributed by atoms with Crippen molar-refractivity contribution in [2.75, 3.05) is 5.73 Å². The van der Waals surface area contributed by atoms with Gasteiger partial charge < -0.3 is 15.6 Å². The Morgan fingerprint density at radius 2 is 1.93 bits per heavy atom. The highest BCUT2D eigenvalue weighted by Crippen LogP contribution is 2.63. The molecule has 0 aliphatic heterocycles. The second-order valence-corrected chi connectivity index (χ2v) is 10.1. The molecule has 6 atom stereocenters. The number of anilines is 1. The van der Waals surface area contributed by atoms with Gasteiger partial charge in [-0.25, -0.2) is 0 Å². The first-order valence-corrected chi connectivity index (χ1v) is 11.2. The van der Waals surface area contributed by atoms with Crippen LogP contribution in [-0.2, 0) is 6.42 Å². The molecule has 5 rings (SSSR count). The molecule has 0 heterocycles. The fourth-order valence-corrected chi connectivity index (χ4v) is 6.88. The summed E-state index contributed by atoms with van der Waals surface area (Å²) in [6, 6.07) is 12.0. The van der Waals surface area contributed by atoms with Crippen LogP contribution < -0.4 is 10.5 Å². The largest absolute Gasteiger partial charge is 0.508 e. The maximum Gasteiger partial charge on any atom is 0.120 e. The lowest BCUT2D eigenvalue weighted by Gasteiger charge is -2.53. The van der Waals surface area contributed by atoms with Crippen LogP contribution in [0.1, 0.15) is 62.1 Å². The van der Waals surface area contributed by atoms with Gasteiger partial charge in [0.15, 0.2) is 0 Å². The lowest BCUT2D eigenvalue weighted by Crippen LogP contribution is -2.50. The molecule has 2 fully saturated rings. The zero-order chi connectivity index (χ0) is 20.3. The van der Waals surface area contributed by atoms with Gasteiger partial charge >= 0.3 is 0 Å². The summed E-state index contributed by atoms with van der Waals surface area (Å²) in [6.07, 6.45) is 6.21. The van der Waals surface area contributed by atoms with E-state index >= 15 is 0 Å². The fourth-order valence-electron chi connectivity index (χ4n) is 6.88. The molecule has 0 bridgehead atoms. The molecule has 3 aliphatic carbocycles. The van der Waals surface area contributed by atoms with E-state index in [9.17, 15) is 5.11 Å². The van der Waals surface area contributed by atoms with Gasteiger partial charge in [-0.1, -0.05) is 19.9 Å². The van der Waals surface area contributed by atoms with E-state index in [0.717, 1.165) is 41.7 Å². The number of aromatic hydroxyl groups is 1. The van der Waals surface area contributed by atoms with E-state index in [1.54, 1.807) is 0 Å². The van der Waals surface area contributed by atoms with E-state index in [-0.39, 0.29) is 6.10 Å². The third kappa shape index (κ3) is 2.93. The van der Waals surface area contributed by atoms with Crippen LogP contribution in [0.2, 0.25) is 0 Å². The minimum atomic E-state index is 0.161. The summed E-state index contributed by atoms with van der Waals surface area (Å²) in [4.78, 5) is 0. The first-order chi connectivity index (χ1) is 13.9. The van der Waals surface area contributed by atoms with Crippen LogP contribution in [-0.4, -0.2) is 11.2 Å². The summed E-state index contributed by atoms with van der Waals surface area (Å²) in [5, 5.41) is 10.0. The van der Waals surface area contributed by atoms with Crippen LogP contribution in [0.5, 0.6) is 11.5 Å². The van der Waals surface area contributed by atoms with Crippen LogP contribution in [0.15, 0.2) is 36.4 Å². The molecular weight excluding hydrogens is 358 g/mol. The molecule has 0 amide bonds. The number of fused-ring (bicyclic) bond motifs is 5. The van der Waals surface area contributed by atoms with Gasteiger partial charge in [0.25, 0.3) is 0 Å². The summed E-state index contributed by atoms with van der Waals surface area (Å²) in [6.45, 7) is 7.00. The Hall–Kier alpha value is -2.16. The average molecular weight is 392 g/mol. The molecule has 154 valence electrons. The standard InChI is InChI=1S/C26H33NO2/c1-15-12-19(7-11-23(15)27)29-24-14-26(3)16(2)4-10-22(26)21-8-5-17-13-18(28)6-9-20(17)25(21)24/h6-7,9,11-13,16,21-22,24-25,28H,4-5,8,10,14,27H2,1-3H3/t16-,21-,22-,24-,25+,26+/m0/s1. The molecule has 0 spiro atoms. The monoisotopic (exact) mass is 391 g/mol. The van der Waals surface area contributed by atoms with E-state index in [1.807, 2.05) is 31.2 Å². The minimum Gasteiger partial charge on any atom is -0.508 e. The predicted molar refractivity (Wildman–Crippen MR) is 117 cm³/mol. The summed E-state index contributed by atoms with van der Waals surface area (Å²) in [7, 11) is 0.